The summed E-state index contributed by atoms with van der Waals surface area (Å²) in [5, 5.41) is 10.5. The van der Waals surface area contributed by atoms with Crippen LogP contribution in [0.25, 0.3) is 10.9 Å². The Morgan fingerprint density at radius 3 is 2.93 bits per heavy atom. The zero-order valence-electron chi connectivity index (χ0n) is 7.57. The molecule has 3 N–H and O–H groups in total. The number of nitrogens with two attached hydrogens (primary N) is 1. The maximum atomic E-state index is 9.39. The van der Waals surface area contributed by atoms with Crippen molar-refractivity contribution in [2.24, 2.45) is 5.73 Å². The van der Waals surface area contributed by atoms with Gasteiger partial charge in [0, 0.05) is 11.6 Å². The van der Waals surface area contributed by atoms with E-state index in [0.717, 1.165) is 17.3 Å². The van der Waals surface area contributed by atoms with Crippen molar-refractivity contribution in [3.63, 3.8) is 0 Å². The highest BCUT2D eigenvalue weighted by Gasteiger charge is 2.06. The summed E-state index contributed by atoms with van der Waals surface area (Å²) < 4.78 is 2.03. The number of aromatic nitrogens is 1. The SMILES string of the molecule is NCCc1cn(I)c2ccc(O)cc12. The van der Waals surface area contributed by atoms with E-state index in [1.54, 1.807) is 12.1 Å². The van der Waals surface area contributed by atoms with Crippen molar-refractivity contribution in [2.45, 2.75) is 6.42 Å². The Morgan fingerprint density at radius 2 is 2.21 bits per heavy atom. The Morgan fingerprint density at radius 1 is 1.43 bits per heavy atom. The molecule has 14 heavy (non-hydrogen) atoms. The van der Waals surface area contributed by atoms with Crippen molar-refractivity contribution in [2.75, 3.05) is 6.54 Å². The van der Waals surface area contributed by atoms with Gasteiger partial charge in [0.1, 0.15) is 5.75 Å². The molecule has 0 saturated carbocycles. The lowest BCUT2D eigenvalue weighted by atomic mass is 10.1. The summed E-state index contributed by atoms with van der Waals surface area (Å²) in [5.41, 5.74) is 7.83. The number of phenols is 1. The zero-order valence-corrected chi connectivity index (χ0v) is 9.73. The van der Waals surface area contributed by atoms with E-state index in [4.69, 9.17) is 5.73 Å². The second kappa shape index (κ2) is 3.78. The molecule has 0 aliphatic carbocycles. The second-order valence-corrected chi connectivity index (χ2v) is 4.25. The summed E-state index contributed by atoms with van der Waals surface area (Å²) in [6.45, 7) is 0.630. The number of hydrogen-bond acceptors (Lipinski definition) is 2. The van der Waals surface area contributed by atoms with Gasteiger partial charge in [-0.05, 0) is 36.7 Å². The Labute approximate surface area is 96.0 Å². The molecule has 0 atom stereocenters. The average Bonchev–Trinajstić information content (AvgIpc) is 2.44. The molecule has 0 bridgehead atoms. The minimum atomic E-state index is 0.304. The lowest BCUT2D eigenvalue weighted by molar-refractivity contribution is 0.476. The van der Waals surface area contributed by atoms with Gasteiger partial charge in [-0.25, -0.2) is 0 Å². The van der Waals surface area contributed by atoms with Crippen LogP contribution in [0.3, 0.4) is 0 Å². The normalized spacial score (nSPS) is 11.0. The van der Waals surface area contributed by atoms with Crippen LogP contribution >= 0.6 is 22.9 Å². The van der Waals surface area contributed by atoms with Crippen molar-refractivity contribution < 1.29 is 5.11 Å². The minimum Gasteiger partial charge on any atom is -0.508 e. The largest absolute Gasteiger partial charge is 0.508 e. The number of phenolic OH excluding ortho intramolecular Hbond substituents is 1. The average molecular weight is 302 g/mol. The highest BCUT2D eigenvalue weighted by Crippen LogP contribution is 2.26. The summed E-state index contributed by atoms with van der Waals surface area (Å²) in [6.07, 6.45) is 2.90. The molecule has 1 heterocycles. The molecule has 0 unspecified atom stereocenters. The summed E-state index contributed by atoms with van der Waals surface area (Å²) >= 11 is 2.22. The van der Waals surface area contributed by atoms with E-state index in [9.17, 15) is 5.11 Å². The van der Waals surface area contributed by atoms with Gasteiger partial charge in [-0.1, -0.05) is 0 Å². The van der Waals surface area contributed by atoms with Gasteiger partial charge in [0.25, 0.3) is 0 Å². The molecule has 4 heteroatoms. The summed E-state index contributed by atoms with van der Waals surface area (Å²) in [4.78, 5) is 0. The van der Waals surface area contributed by atoms with E-state index < -0.39 is 0 Å². The first kappa shape index (κ1) is 9.79. The Hall–Kier alpha value is -0.750. The van der Waals surface area contributed by atoms with Crippen LogP contribution in [0.1, 0.15) is 5.56 Å². The van der Waals surface area contributed by atoms with Crippen molar-refractivity contribution in [1.29, 1.82) is 0 Å². The van der Waals surface area contributed by atoms with Gasteiger partial charge in [-0.2, -0.15) is 0 Å². The first-order valence-electron chi connectivity index (χ1n) is 4.41. The number of rotatable bonds is 2. The molecular weight excluding hydrogens is 291 g/mol. The third kappa shape index (κ3) is 1.59. The van der Waals surface area contributed by atoms with Crippen LogP contribution in [0.5, 0.6) is 5.75 Å². The number of nitrogens with zero attached hydrogens (tertiary/aromatic N) is 1. The van der Waals surface area contributed by atoms with Gasteiger partial charge in [-0.15, -0.1) is 0 Å². The second-order valence-electron chi connectivity index (χ2n) is 3.21. The van der Waals surface area contributed by atoms with Gasteiger partial charge in [0.15, 0.2) is 0 Å². The molecule has 0 radical (unpaired) electrons. The number of halogens is 1. The number of aromatic hydroxyl groups is 1. The Kier molecular flexibility index (Phi) is 2.64. The zero-order chi connectivity index (χ0) is 10.1. The highest BCUT2D eigenvalue weighted by molar-refractivity contribution is 14.1. The molecule has 0 saturated heterocycles. The maximum absolute atomic E-state index is 9.39. The van der Waals surface area contributed by atoms with Crippen molar-refractivity contribution in [3.05, 3.63) is 30.0 Å². The summed E-state index contributed by atoms with van der Waals surface area (Å²) in [6, 6.07) is 5.40. The molecule has 2 rings (SSSR count). The number of fused-ring (bicyclic) bond motifs is 1. The van der Waals surface area contributed by atoms with E-state index in [1.165, 1.54) is 5.56 Å². The molecule has 1 aromatic heterocycles. The quantitative estimate of drug-likeness (QED) is 0.834. The summed E-state index contributed by atoms with van der Waals surface area (Å²) in [5.74, 6) is 0.304. The smallest absolute Gasteiger partial charge is 0.116 e. The van der Waals surface area contributed by atoms with Crippen molar-refractivity contribution in [1.82, 2.24) is 2.78 Å². The molecule has 2 aromatic rings. The van der Waals surface area contributed by atoms with Gasteiger partial charge in [-0.3, -0.25) is 2.78 Å². The molecule has 1 aromatic carbocycles. The molecule has 0 spiro atoms. The van der Waals surface area contributed by atoms with E-state index in [1.807, 2.05) is 8.85 Å². The van der Waals surface area contributed by atoms with Crippen LogP contribution < -0.4 is 5.73 Å². The summed E-state index contributed by atoms with van der Waals surface area (Å²) in [7, 11) is 0. The molecule has 0 aliphatic heterocycles. The third-order valence-electron chi connectivity index (χ3n) is 2.24. The topological polar surface area (TPSA) is 51.2 Å². The Balaban J connectivity index is 2.66. The van der Waals surface area contributed by atoms with Crippen LogP contribution in [0, 0.1) is 0 Å². The monoisotopic (exact) mass is 302 g/mol. The third-order valence-corrected chi connectivity index (χ3v) is 3.04. The highest BCUT2D eigenvalue weighted by atomic mass is 127. The minimum absolute atomic E-state index is 0.304. The maximum Gasteiger partial charge on any atom is 0.116 e. The standard InChI is InChI=1S/C10H11IN2O/c11-13-6-7(3-4-12)9-5-8(14)1-2-10(9)13/h1-2,5-6,14H,3-4,12H2. The molecule has 3 nitrogen and oxygen atoms in total. The number of hydrogen-bond donors (Lipinski definition) is 2. The predicted molar refractivity (Wildman–Crippen MR) is 65.8 cm³/mol. The fourth-order valence-corrected chi connectivity index (χ4v) is 2.36. The lowest BCUT2D eigenvalue weighted by Gasteiger charge is -1.96. The van der Waals surface area contributed by atoms with Crippen LogP contribution in [0.2, 0.25) is 0 Å². The number of benzene rings is 1. The molecular formula is C10H11IN2O. The fourth-order valence-electron chi connectivity index (χ4n) is 1.60. The van der Waals surface area contributed by atoms with Gasteiger partial charge < -0.3 is 10.8 Å². The fraction of sp³-hybridized carbons (Fsp3) is 0.200. The van der Waals surface area contributed by atoms with Gasteiger partial charge >= 0.3 is 0 Å². The van der Waals surface area contributed by atoms with Crippen LogP contribution in [0.15, 0.2) is 24.4 Å². The first-order valence-corrected chi connectivity index (χ1v) is 5.38. The molecule has 74 valence electrons. The van der Waals surface area contributed by atoms with E-state index in [0.29, 0.717) is 12.3 Å². The first-order chi connectivity index (χ1) is 6.72. The lowest BCUT2D eigenvalue weighted by Crippen LogP contribution is -2.01. The van der Waals surface area contributed by atoms with E-state index in [2.05, 4.69) is 29.1 Å². The van der Waals surface area contributed by atoms with Gasteiger partial charge in [0.2, 0.25) is 0 Å². The van der Waals surface area contributed by atoms with Crippen molar-refractivity contribution >= 4 is 33.8 Å². The molecule has 0 aliphatic rings. The Bertz CT molecular complexity index is 464. The van der Waals surface area contributed by atoms with Crippen molar-refractivity contribution in [3.8, 4) is 5.75 Å². The van der Waals surface area contributed by atoms with Gasteiger partial charge in [0.05, 0.1) is 28.4 Å². The van der Waals surface area contributed by atoms with Crippen LogP contribution in [-0.2, 0) is 6.42 Å². The van der Waals surface area contributed by atoms with E-state index >= 15 is 0 Å². The molecule has 0 fully saturated rings. The molecule has 0 amide bonds. The van der Waals surface area contributed by atoms with E-state index in [-0.39, 0.29) is 0 Å². The van der Waals surface area contributed by atoms with Crippen LogP contribution in [0.4, 0.5) is 0 Å². The van der Waals surface area contributed by atoms with Crippen LogP contribution in [-0.4, -0.2) is 14.4 Å². The predicted octanol–water partition coefficient (Wildman–Crippen LogP) is 2.05.